The summed E-state index contributed by atoms with van der Waals surface area (Å²) in [6.07, 6.45) is 4.75. The number of rotatable bonds is 7. The van der Waals surface area contributed by atoms with Gasteiger partial charge in [0.05, 0.1) is 17.8 Å². The number of oxazole rings is 1. The molecule has 0 fully saturated rings. The predicted molar refractivity (Wildman–Crippen MR) is 121 cm³/mol. The maximum absolute atomic E-state index is 12.6. The van der Waals surface area contributed by atoms with Gasteiger partial charge in [-0.15, -0.1) is 0 Å². The molecule has 0 saturated carbocycles. The van der Waals surface area contributed by atoms with E-state index in [0.717, 1.165) is 21.4 Å². The van der Waals surface area contributed by atoms with Gasteiger partial charge in [-0.25, -0.2) is 15.0 Å². The highest BCUT2D eigenvalue weighted by atomic mass is 79.9. The molecule has 2 N–H and O–H groups in total. The van der Waals surface area contributed by atoms with E-state index >= 15 is 0 Å². The molecule has 0 aliphatic rings. The summed E-state index contributed by atoms with van der Waals surface area (Å²) in [5, 5.41) is 10.00. The van der Waals surface area contributed by atoms with Crippen LogP contribution in [0.3, 0.4) is 0 Å². The summed E-state index contributed by atoms with van der Waals surface area (Å²) < 4.78 is 13.3. The highest BCUT2D eigenvalue weighted by molar-refractivity contribution is 9.10. The van der Waals surface area contributed by atoms with Crippen molar-refractivity contribution in [2.24, 2.45) is 7.05 Å². The van der Waals surface area contributed by atoms with Crippen molar-refractivity contribution in [3.63, 3.8) is 0 Å². The molecule has 0 aliphatic heterocycles. The zero-order valence-electron chi connectivity index (χ0n) is 17.6. The van der Waals surface area contributed by atoms with Gasteiger partial charge in [0.2, 0.25) is 5.95 Å². The number of carbonyl (C=O) groups excluding carboxylic acids is 1. The molecule has 0 bridgehead atoms. The Bertz CT molecular complexity index is 1270. The lowest BCUT2D eigenvalue weighted by Gasteiger charge is -2.10. The number of carbonyl (C=O) groups is 1. The van der Waals surface area contributed by atoms with Crippen molar-refractivity contribution in [3.8, 4) is 17.1 Å². The lowest BCUT2D eigenvalue weighted by molar-refractivity contribution is 0.0916. The average molecular weight is 498 g/mol. The Hall–Kier alpha value is -3.73. The number of halogens is 1. The van der Waals surface area contributed by atoms with Crippen LogP contribution in [0.5, 0.6) is 5.75 Å². The van der Waals surface area contributed by atoms with Gasteiger partial charge in [0.25, 0.3) is 5.89 Å². The van der Waals surface area contributed by atoms with E-state index in [4.69, 9.17) is 9.15 Å². The molecule has 0 unspecified atom stereocenters. The van der Waals surface area contributed by atoms with Crippen LogP contribution in [0, 0.1) is 6.92 Å². The lowest BCUT2D eigenvalue weighted by atomic mass is 10.2. The second-order valence-electron chi connectivity index (χ2n) is 6.84. The first-order valence-electron chi connectivity index (χ1n) is 9.60. The molecule has 4 aromatic rings. The maximum Gasteiger partial charge on any atom is 0.307 e. The quantitative estimate of drug-likeness (QED) is 0.397. The van der Waals surface area contributed by atoms with Crippen LogP contribution in [0.4, 0.5) is 11.8 Å². The van der Waals surface area contributed by atoms with Crippen LogP contribution in [0.1, 0.15) is 21.8 Å². The Balaban J connectivity index is 1.50. The van der Waals surface area contributed by atoms with Crippen molar-refractivity contribution in [1.82, 2.24) is 30.0 Å². The SMILES string of the molecule is COc1c(Br)cccc1CNC(=O)c1nc(-c2nc(Nc3ccnn3C)ncc2C)co1. The number of nitrogens with zero attached hydrogens (tertiary/aromatic N) is 5. The van der Waals surface area contributed by atoms with Crippen LogP contribution in [0.2, 0.25) is 0 Å². The number of para-hydroxylation sites is 1. The molecule has 32 heavy (non-hydrogen) atoms. The number of nitrogens with one attached hydrogen (secondary N) is 2. The van der Waals surface area contributed by atoms with Gasteiger partial charge in [0.1, 0.15) is 29.2 Å². The Kier molecular flexibility index (Phi) is 6.17. The molecule has 4 rings (SSSR count). The van der Waals surface area contributed by atoms with E-state index in [0.29, 0.717) is 23.1 Å². The molecule has 10 nitrogen and oxygen atoms in total. The molecule has 1 aromatic carbocycles. The normalized spacial score (nSPS) is 10.8. The first-order chi connectivity index (χ1) is 15.5. The highest BCUT2D eigenvalue weighted by Gasteiger charge is 2.18. The van der Waals surface area contributed by atoms with Crippen molar-refractivity contribution < 1.29 is 13.9 Å². The van der Waals surface area contributed by atoms with Gasteiger partial charge < -0.3 is 19.8 Å². The zero-order valence-corrected chi connectivity index (χ0v) is 19.2. The topological polar surface area (TPSA) is 120 Å². The van der Waals surface area contributed by atoms with E-state index in [2.05, 4.69) is 46.6 Å². The number of aromatic nitrogens is 5. The van der Waals surface area contributed by atoms with Gasteiger partial charge in [-0.1, -0.05) is 12.1 Å². The summed E-state index contributed by atoms with van der Waals surface area (Å²) in [7, 11) is 3.39. The van der Waals surface area contributed by atoms with E-state index in [1.54, 1.807) is 24.2 Å². The minimum atomic E-state index is -0.446. The minimum absolute atomic E-state index is 0.0619. The summed E-state index contributed by atoms with van der Waals surface area (Å²) in [5.41, 5.74) is 2.60. The van der Waals surface area contributed by atoms with E-state index in [1.807, 2.05) is 38.2 Å². The first-order valence-corrected chi connectivity index (χ1v) is 10.4. The monoisotopic (exact) mass is 497 g/mol. The van der Waals surface area contributed by atoms with Crippen LogP contribution in [0.15, 0.2) is 51.8 Å². The van der Waals surface area contributed by atoms with Crippen LogP contribution >= 0.6 is 15.9 Å². The fourth-order valence-corrected chi connectivity index (χ4v) is 3.60. The molecule has 0 spiro atoms. The number of hydrogen-bond acceptors (Lipinski definition) is 8. The number of amides is 1. The lowest BCUT2D eigenvalue weighted by Crippen LogP contribution is -2.23. The molecule has 164 valence electrons. The zero-order chi connectivity index (χ0) is 22.7. The summed E-state index contributed by atoms with van der Waals surface area (Å²) in [6, 6.07) is 7.41. The van der Waals surface area contributed by atoms with Gasteiger partial charge in [-0.05, 0) is 34.5 Å². The Morgan fingerprint density at radius 2 is 2.12 bits per heavy atom. The average Bonchev–Trinajstić information content (AvgIpc) is 3.43. The molecule has 0 radical (unpaired) electrons. The molecule has 3 aromatic heterocycles. The molecule has 0 aliphatic carbocycles. The van der Waals surface area contributed by atoms with E-state index < -0.39 is 5.91 Å². The Morgan fingerprint density at radius 3 is 2.88 bits per heavy atom. The van der Waals surface area contributed by atoms with Gasteiger partial charge >= 0.3 is 5.91 Å². The van der Waals surface area contributed by atoms with E-state index in [9.17, 15) is 4.79 Å². The molecular formula is C21H20BrN7O3. The number of hydrogen-bond donors (Lipinski definition) is 2. The number of ether oxygens (including phenoxy) is 1. The van der Waals surface area contributed by atoms with Gasteiger partial charge in [0.15, 0.2) is 0 Å². The number of anilines is 2. The fraction of sp³-hybridized carbons (Fsp3) is 0.190. The van der Waals surface area contributed by atoms with Crippen molar-refractivity contribution in [2.45, 2.75) is 13.5 Å². The third-order valence-electron chi connectivity index (χ3n) is 4.67. The molecule has 1 amide bonds. The molecule has 11 heteroatoms. The Labute approximate surface area is 192 Å². The molecule has 0 saturated heterocycles. The van der Waals surface area contributed by atoms with Gasteiger partial charge in [0, 0.05) is 31.4 Å². The van der Waals surface area contributed by atoms with Crippen LogP contribution < -0.4 is 15.4 Å². The smallest absolute Gasteiger partial charge is 0.307 e. The largest absolute Gasteiger partial charge is 0.495 e. The summed E-state index contributed by atoms with van der Waals surface area (Å²) in [4.78, 5) is 25.7. The number of methoxy groups -OCH3 is 1. The summed E-state index contributed by atoms with van der Waals surface area (Å²) in [5.74, 6) is 1.27. The van der Waals surface area contributed by atoms with Crippen LogP contribution in [0.25, 0.3) is 11.4 Å². The minimum Gasteiger partial charge on any atom is -0.495 e. The number of aryl methyl sites for hydroxylation is 2. The van der Waals surface area contributed by atoms with Crippen molar-refractivity contribution in [2.75, 3.05) is 12.4 Å². The summed E-state index contributed by atoms with van der Waals surface area (Å²) >= 11 is 3.43. The van der Waals surface area contributed by atoms with Crippen molar-refractivity contribution in [3.05, 3.63) is 64.4 Å². The molecule has 0 atom stereocenters. The Morgan fingerprint density at radius 1 is 1.28 bits per heavy atom. The van der Waals surface area contributed by atoms with Crippen LogP contribution in [-0.2, 0) is 13.6 Å². The fourth-order valence-electron chi connectivity index (χ4n) is 3.03. The number of benzene rings is 1. The highest BCUT2D eigenvalue weighted by Crippen LogP contribution is 2.28. The standard InChI is InChI=1S/C21H20BrN7O3/c1-12-9-24-21(27-16-7-8-25-29(16)2)28-17(12)15-11-32-20(26-15)19(30)23-10-13-5-4-6-14(22)18(13)31-3/h4-9,11H,10H2,1-3H3,(H,23,30)(H,24,27,28). The molecule has 3 heterocycles. The molecular weight excluding hydrogens is 478 g/mol. The van der Waals surface area contributed by atoms with Gasteiger partial charge in [-0.2, -0.15) is 5.10 Å². The third kappa shape index (κ3) is 4.47. The first kappa shape index (κ1) is 21.5. The van der Waals surface area contributed by atoms with Crippen molar-refractivity contribution in [1.29, 1.82) is 0 Å². The third-order valence-corrected chi connectivity index (χ3v) is 5.29. The van der Waals surface area contributed by atoms with E-state index in [1.165, 1.54) is 6.26 Å². The van der Waals surface area contributed by atoms with Gasteiger partial charge in [-0.3, -0.25) is 9.48 Å². The second-order valence-corrected chi connectivity index (χ2v) is 7.70. The van der Waals surface area contributed by atoms with E-state index in [-0.39, 0.29) is 12.4 Å². The van der Waals surface area contributed by atoms with Crippen molar-refractivity contribution >= 4 is 33.6 Å². The van der Waals surface area contributed by atoms with Crippen LogP contribution in [-0.4, -0.2) is 37.7 Å². The second kappa shape index (κ2) is 9.18. The maximum atomic E-state index is 12.6. The predicted octanol–water partition coefficient (Wildman–Crippen LogP) is 3.62. The summed E-state index contributed by atoms with van der Waals surface area (Å²) in [6.45, 7) is 2.11.